The minimum Gasteiger partial charge on any atom is -0.439 e. The van der Waals surface area contributed by atoms with Gasteiger partial charge in [0, 0.05) is 17.3 Å². The van der Waals surface area contributed by atoms with Crippen molar-refractivity contribution in [3.63, 3.8) is 0 Å². The van der Waals surface area contributed by atoms with E-state index in [1.165, 1.54) is 36.4 Å². The van der Waals surface area contributed by atoms with E-state index >= 15 is 0 Å². The molecule has 8 nitrogen and oxygen atoms in total. The lowest BCUT2D eigenvalue weighted by Crippen LogP contribution is -2.39. The van der Waals surface area contributed by atoms with Crippen LogP contribution in [0.5, 0.6) is 11.6 Å². The number of aliphatic hydroxyl groups is 1. The minimum atomic E-state index is -4.88. The normalized spacial score (nSPS) is 13.6. The van der Waals surface area contributed by atoms with Crippen LogP contribution in [0.2, 0.25) is 0 Å². The lowest BCUT2D eigenvalue weighted by atomic mass is 9.95. The molecule has 4 aromatic rings. The number of nitrogen functional groups attached to an aromatic ring is 1. The van der Waals surface area contributed by atoms with Crippen molar-refractivity contribution in [1.82, 2.24) is 9.97 Å². The van der Waals surface area contributed by atoms with E-state index in [4.69, 9.17) is 10.5 Å². The molecule has 0 radical (unpaired) electrons. The number of ether oxygens (including phenoxy) is 1. The maximum absolute atomic E-state index is 13.2. The fourth-order valence-corrected chi connectivity index (χ4v) is 4.89. The van der Waals surface area contributed by atoms with Gasteiger partial charge in [-0.3, -0.25) is 0 Å². The first-order chi connectivity index (χ1) is 18.7. The van der Waals surface area contributed by atoms with E-state index in [0.29, 0.717) is 18.2 Å². The second-order valence-corrected chi connectivity index (χ2v) is 11.2. The van der Waals surface area contributed by atoms with Crippen LogP contribution in [0.1, 0.15) is 37.8 Å². The van der Waals surface area contributed by atoms with Gasteiger partial charge in [-0.2, -0.15) is 18.2 Å². The van der Waals surface area contributed by atoms with Crippen LogP contribution >= 0.6 is 0 Å². The third kappa shape index (κ3) is 6.18. The van der Waals surface area contributed by atoms with Gasteiger partial charge in [0.25, 0.3) is 10.0 Å². The van der Waals surface area contributed by atoms with Gasteiger partial charge < -0.3 is 15.6 Å². The Labute approximate surface area is 229 Å². The number of anilines is 2. The second-order valence-electron chi connectivity index (χ2n) is 9.53. The highest BCUT2D eigenvalue weighted by Gasteiger charge is 2.51. The molecule has 4 N–H and O–H groups in total. The molecular weight excluding hydrogens is 545 g/mol. The van der Waals surface area contributed by atoms with E-state index < -0.39 is 21.8 Å². The molecule has 0 aliphatic carbocycles. The van der Waals surface area contributed by atoms with Crippen LogP contribution in [-0.4, -0.2) is 29.7 Å². The zero-order chi connectivity index (χ0) is 29.3. The molecule has 0 saturated heterocycles. The predicted molar refractivity (Wildman–Crippen MR) is 145 cm³/mol. The fourth-order valence-electron chi connectivity index (χ4n) is 3.89. The molecule has 0 amide bonds. The van der Waals surface area contributed by atoms with Crippen molar-refractivity contribution in [2.45, 2.75) is 43.4 Å². The summed E-state index contributed by atoms with van der Waals surface area (Å²) in [6.45, 7) is 4.65. The number of nitrogens with zero attached hydrogens (tertiary/aromatic N) is 2. The summed E-state index contributed by atoms with van der Waals surface area (Å²) in [5.74, 6) is -0.139. The fraction of sp³-hybridized carbons (Fsp3) is 0.214. The molecule has 1 heterocycles. The average molecular weight is 573 g/mol. The Kier molecular flexibility index (Phi) is 7.77. The van der Waals surface area contributed by atoms with Crippen molar-refractivity contribution in [3.8, 4) is 22.9 Å². The number of benzene rings is 3. The van der Waals surface area contributed by atoms with Crippen LogP contribution < -0.4 is 15.2 Å². The largest absolute Gasteiger partial charge is 0.439 e. The number of hydrogen-bond acceptors (Lipinski definition) is 7. The number of hydrogen-bond donors (Lipinski definition) is 3. The van der Waals surface area contributed by atoms with Crippen LogP contribution in [0.4, 0.5) is 24.8 Å². The molecule has 4 rings (SSSR count). The first kappa shape index (κ1) is 28.8. The Balaban J connectivity index is 1.75. The summed E-state index contributed by atoms with van der Waals surface area (Å²) in [5, 5.41) is 9.93. The van der Waals surface area contributed by atoms with Crippen LogP contribution in [0.3, 0.4) is 0 Å². The van der Waals surface area contributed by atoms with Gasteiger partial charge in [-0.1, -0.05) is 56.3 Å². The predicted octanol–water partition coefficient (Wildman–Crippen LogP) is 6.21. The lowest BCUT2D eigenvalue weighted by Gasteiger charge is -2.26. The number of sulfonamides is 1. The smallest absolute Gasteiger partial charge is 0.421 e. The van der Waals surface area contributed by atoms with E-state index in [1.54, 1.807) is 6.07 Å². The molecule has 0 aliphatic rings. The van der Waals surface area contributed by atoms with Crippen molar-refractivity contribution in [1.29, 1.82) is 0 Å². The summed E-state index contributed by atoms with van der Waals surface area (Å²) < 4.78 is 73.9. The van der Waals surface area contributed by atoms with E-state index in [1.807, 2.05) is 38.1 Å². The quantitative estimate of drug-likeness (QED) is 0.214. The third-order valence-electron chi connectivity index (χ3n) is 6.15. The van der Waals surface area contributed by atoms with Crippen molar-refractivity contribution < 1.29 is 31.4 Å². The molecule has 0 aliphatic heterocycles. The lowest BCUT2D eigenvalue weighted by molar-refractivity contribution is -0.258. The van der Waals surface area contributed by atoms with Crippen LogP contribution in [0.25, 0.3) is 11.3 Å². The first-order valence-electron chi connectivity index (χ1n) is 12.1. The van der Waals surface area contributed by atoms with Crippen molar-refractivity contribution in [2.75, 3.05) is 10.5 Å². The molecule has 0 bridgehead atoms. The Morgan fingerprint density at radius 2 is 1.62 bits per heavy atom. The highest BCUT2D eigenvalue weighted by atomic mass is 32.2. The Morgan fingerprint density at radius 1 is 0.950 bits per heavy atom. The highest BCUT2D eigenvalue weighted by molar-refractivity contribution is 7.92. The van der Waals surface area contributed by atoms with E-state index in [-0.39, 0.29) is 39.6 Å². The molecule has 1 atom stereocenters. The molecule has 0 fully saturated rings. The molecule has 1 aromatic heterocycles. The number of aromatic nitrogens is 2. The van der Waals surface area contributed by atoms with Crippen LogP contribution in [0.15, 0.2) is 83.8 Å². The van der Waals surface area contributed by atoms with Gasteiger partial charge in [-0.15, -0.1) is 0 Å². The molecule has 3 aromatic carbocycles. The maximum Gasteiger partial charge on any atom is 0.421 e. The summed E-state index contributed by atoms with van der Waals surface area (Å²) >= 11 is 0. The zero-order valence-electron chi connectivity index (χ0n) is 21.8. The molecular formula is C28H27F3N4O4S. The molecule has 1 unspecified atom stereocenters. The summed E-state index contributed by atoms with van der Waals surface area (Å²) in [4.78, 5) is 8.51. The Hall–Kier alpha value is -4.16. The summed E-state index contributed by atoms with van der Waals surface area (Å²) in [6, 6.07) is 19.3. The topological polar surface area (TPSA) is 127 Å². The molecule has 40 heavy (non-hydrogen) atoms. The SMILES string of the molecule is CC(C)c1ccccc1-c1cc(Oc2ccc(C(C)(O)C(F)(F)F)cc2)nc(NS(=O)(=O)c2cccc(N)c2)n1. The standard InChI is InChI=1S/C28H27F3N4O4S/c1-17(2)22-9-4-5-10-23(22)24-16-25(39-20-13-11-18(12-14-20)27(3,36)28(29,30)31)34-26(33-24)35-40(37,38)21-8-6-7-19(32)15-21/h4-17,36H,32H2,1-3H3,(H,33,34,35). The van der Waals surface area contributed by atoms with Gasteiger partial charge in [0.1, 0.15) is 5.75 Å². The molecule has 210 valence electrons. The summed E-state index contributed by atoms with van der Waals surface area (Å²) in [6.07, 6.45) is -4.88. The van der Waals surface area contributed by atoms with Crippen LogP contribution in [0, 0.1) is 0 Å². The van der Waals surface area contributed by atoms with Gasteiger partial charge in [-0.25, -0.2) is 18.1 Å². The Bertz CT molecular complexity index is 1620. The second kappa shape index (κ2) is 10.8. The summed E-state index contributed by atoms with van der Waals surface area (Å²) in [5.41, 5.74) is 4.57. The number of halogens is 3. The van der Waals surface area contributed by atoms with E-state index in [9.17, 15) is 26.7 Å². The van der Waals surface area contributed by atoms with Crippen LogP contribution in [-0.2, 0) is 15.6 Å². The first-order valence-corrected chi connectivity index (χ1v) is 13.6. The monoisotopic (exact) mass is 572 g/mol. The highest BCUT2D eigenvalue weighted by Crippen LogP contribution is 2.39. The van der Waals surface area contributed by atoms with Gasteiger partial charge in [0.15, 0.2) is 5.60 Å². The van der Waals surface area contributed by atoms with Crippen molar-refractivity contribution >= 4 is 21.7 Å². The van der Waals surface area contributed by atoms with Gasteiger partial charge >= 0.3 is 6.18 Å². The third-order valence-corrected chi connectivity index (χ3v) is 7.47. The number of nitrogens with two attached hydrogens (primary N) is 1. The number of nitrogens with one attached hydrogen (secondary N) is 1. The van der Waals surface area contributed by atoms with E-state index in [0.717, 1.165) is 17.7 Å². The maximum atomic E-state index is 13.2. The number of rotatable bonds is 8. The molecule has 0 spiro atoms. The zero-order valence-corrected chi connectivity index (χ0v) is 22.6. The van der Waals surface area contributed by atoms with Gasteiger partial charge in [0.2, 0.25) is 11.8 Å². The molecule has 0 saturated carbocycles. The Morgan fingerprint density at radius 3 is 2.25 bits per heavy atom. The van der Waals surface area contributed by atoms with Crippen molar-refractivity contribution in [3.05, 3.63) is 90.0 Å². The van der Waals surface area contributed by atoms with Gasteiger partial charge in [0.05, 0.1) is 10.6 Å². The minimum absolute atomic E-state index is 0.0656. The van der Waals surface area contributed by atoms with Crippen molar-refractivity contribution in [2.24, 2.45) is 0 Å². The van der Waals surface area contributed by atoms with E-state index in [2.05, 4.69) is 14.7 Å². The molecule has 12 heteroatoms. The van der Waals surface area contributed by atoms with Gasteiger partial charge in [-0.05, 0) is 54.3 Å². The summed E-state index contributed by atoms with van der Waals surface area (Å²) in [7, 11) is -4.13. The number of alkyl halides is 3. The average Bonchev–Trinajstić information content (AvgIpc) is 2.88.